The van der Waals surface area contributed by atoms with Gasteiger partial charge in [0.2, 0.25) is 0 Å². The highest BCUT2D eigenvalue weighted by molar-refractivity contribution is 8.26. The average molecular weight is 409 g/mol. The molecular weight excluding hydrogens is 388 g/mol. The summed E-state index contributed by atoms with van der Waals surface area (Å²) in [5.41, 5.74) is 0.319. The molecule has 1 aromatic rings. The van der Waals surface area contributed by atoms with Crippen molar-refractivity contribution in [3.8, 4) is 0 Å². The van der Waals surface area contributed by atoms with E-state index in [4.69, 9.17) is 17.0 Å². The lowest BCUT2D eigenvalue weighted by Crippen LogP contribution is -2.29. The maximum atomic E-state index is 12.6. The summed E-state index contributed by atoms with van der Waals surface area (Å²) in [7, 11) is 0. The van der Waals surface area contributed by atoms with Crippen molar-refractivity contribution >= 4 is 51.9 Å². The number of esters is 1. The van der Waals surface area contributed by atoms with Gasteiger partial charge in [0.25, 0.3) is 11.6 Å². The smallest absolute Gasteiger partial charge is 0.305 e. The van der Waals surface area contributed by atoms with Crippen LogP contribution in [0.1, 0.15) is 38.2 Å². The van der Waals surface area contributed by atoms with E-state index in [0.717, 1.165) is 18.2 Å². The Morgan fingerprint density at radius 2 is 2.07 bits per heavy atom. The zero-order valence-corrected chi connectivity index (χ0v) is 16.5. The zero-order valence-electron chi connectivity index (χ0n) is 14.9. The Morgan fingerprint density at radius 1 is 1.33 bits per heavy atom. The number of thioether (sulfide) groups is 1. The fraction of sp³-hybridized carbons (Fsp3) is 0.389. The molecule has 1 saturated heterocycles. The molecule has 0 aliphatic carbocycles. The summed E-state index contributed by atoms with van der Waals surface area (Å²) in [5.74, 6) is -0.455. The van der Waals surface area contributed by atoms with E-state index in [1.807, 2.05) is 0 Å². The second kappa shape index (κ2) is 10.2. The molecule has 1 aliphatic rings. The van der Waals surface area contributed by atoms with Gasteiger partial charge in [-0.3, -0.25) is 24.6 Å². The van der Waals surface area contributed by atoms with Gasteiger partial charge in [0.1, 0.15) is 4.32 Å². The van der Waals surface area contributed by atoms with Crippen LogP contribution in [0, 0.1) is 10.1 Å². The molecular formula is C18H20N2O5S2. The fourth-order valence-corrected chi connectivity index (χ4v) is 3.86. The lowest BCUT2D eigenvalue weighted by Gasteiger charge is -2.13. The van der Waals surface area contributed by atoms with E-state index in [1.54, 1.807) is 25.1 Å². The predicted molar refractivity (Wildman–Crippen MR) is 108 cm³/mol. The largest absolute Gasteiger partial charge is 0.466 e. The van der Waals surface area contributed by atoms with Crippen LogP contribution in [0.3, 0.4) is 0 Å². The lowest BCUT2D eigenvalue weighted by atomic mass is 10.1. The number of nitro benzene ring substituents is 1. The van der Waals surface area contributed by atoms with Crippen molar-refractivity contribution in [1.29, 1.82) is 0 Å². The standard InChI is InChI=1S/C18H20N2O5S2/c1-2-25-16(21)10-4-3-7-11-19-17(22)15(27-18(19)26)12-13-8-5-6-9-14(13)20(23)24/h5-6,8-9,12H,2-4,7,10-11H2,1H3/b15-12-. The minimum atomic E-state index is -0.476. The molecule has 1 amide bonds. The predicted octanol–water partition coefficient (Wildman–Crippen LogP) is 3.92. The summed E-state index contributed by atoms with van der Waals surface area (Å²) in [5, 5.41) is 11.1. The van der Waals surface area contributed by atoms with Crippen LogP contribution in [-0.4, -0.2) is 39.2 Å². The van der Waals surface area contributed by atoms with Crippen LogP contribution in [0.4, 0.5) is 5.69 Å². The van der Waals surface area contributed by atoms with Crippen molar-refractivity contribution in [3.63, 3.8) is 0 Å². The van der Waals surface area contributed by atoms with Gasteiger partial charge < -0.3 is 4.74 Å². The number of carbonyl (C=O) groups is 2. The Balaban J connectivity index is 1.93. The highest BCUT2D eigenvalue weighted by Crippen LogP contribution is 2.34. The van der Waals surface area contributed by atoms with E-state index in [1.165, 1.54) is 17.0 Å². The molecule has 2 rings (SSSR count). The molecule has 1 heterocycles. The van der Waals surface area contributed by atoms with Gasteiger partial charge in [-0.1, -0.05) is 42.5 Å². The summed E-state index contributed by atoms with van der Waals surface area (Å²) in [6.07, 6.45) is 4.06. The van der Waals surface area contributed by atoms with Crippen molar-refractivity contribution in [1.82, 2.24) is 4.90 Å². The molecule has 0 saturated carbocycles. The van der Waals surface area contributed by atoms with Crippen LogP contribution in [-0.2, 0) is 14.3 Å². The molecule has 7 nitrogen and oxygen atoms in total. The van der Waals surface area contributed by atoms with Crippen LogP contribution in [0.15, 0.2) is 29.2 Å². The molecule has 9 heteroatoms. The number of thiocarbonyl (C=S) groups is 1. The molecule has 27 heavy (non-hydrogen) atoms. The van der Waals surface area contributed by atoms with Gasteiger partial charge in [0.15, 0.2) is 0 Å². The van der Waals surface area contributed by atoms with Crippen molar-refractivity contribution in [2.24, 2.45) is 0 Å². The summed E-state index contributed by atoms with van der Waals surface area (Å²) in [4.78, 5) is 36.4. The number of unbranched alkanes of at least 4 members (excludes halogenated alkanes) is 2. The third-order valence-electron chi connectivity index (χ3n) is 3.86. The first-order valence-electron chi connectivity index (χ1n) is 8.58. The van der Waals surface area contributed by atoms with Crippen molar-refractivity contribution in [3.05, 3.63) is 44.8 Å². The quantitative estimate of drug-likeness (QED) is 0.153. The number of nitrogens with zero attached hydrogens (tertiary/aromatic N) is 2. The van der Waals surface area contributed by atoms with Crippen LogP contribution in [0.5, 0.6) is 0 Å². The molecule has 0 N–H and O–H groups in total. The average Bonchev–Trinajstić information content (AvgIpc) is 2.89. The number of ether oxygens (including phenoxy) is 1. The molecule has 1 aromatic carbocycles. The molecule has 0 atom stereocenters. The van der Waals surface area contributed by atoms with Gasteiger partial charge in [0.05, 0.1) is 22.0 Å². The summed E-state index contributed by atoms with van der Waals surface area (Å²) >= 11 is 6.41. The second-order valence-electron chi connectivity index (χ2n) is 5.76. The first-order valence-corrected chi connectivity index (χ1v) is 9.81. The SMILES string of the molecule is CCOC(=O)CCCCCN1C(=O)/C(=C/c2ccccc2[N+](=O)[O-])SC1=S. The van der Waals surface area contributed by atoms with Crippen molar-refractivity contribution in [2.75, 3.05) is 13.2 Å². The number of para-hydroxylation sites is 1. The highest BCUT2D eigenvalue weighted by Gasteiger charge is 2.32. The zero-order chi connectivity index (χ0) is 19.8. The topological polar surface area (TPSA) is 89.8 Å². The molecule has 144 valence electrons. The molecule has 0 radical (unpaired) electrons. The normalized spacial score (nSPS) is 15.4. The highest BCUT2D eigenvalue weighted by atomic mass is 32.2. The van der Waals surface area contributed by atoms with E-state index in [2.05, 4.69) is 0 Å². The van der Waals surface area contributed by atoms with E-state index < -0.39 is 4.92 Å². The molecule has 1 fully saturated rings. The van der Waals surface area contributed by atoms with E-state index in [-0.39, 0.29) is 17.6 Å². The molecule has 0 bridgehead atoms. The first-order chi connectivity index (χ1) is 12.9. The van der Waals surface area contributed by atoms with E-state index in [0.29, 0.717) is 47.2 Å². The number of nitro groups is 1. The van der Waals surface area contributed by atoms with E-state index in [9.17, 15) is 19.7 Å². The third kappa shape index (κ3) is 5.86. The fourth-order valence-electron chi connectivity index (χ4n) is 2.56. The Morgan fingerprint density at radius 3 is 2.78 bits per heavy atom. The third-order valence-corrected chi connectivity index (χ3v) is 5.24. The van der Waals surface area contributed by atoms with Crippen LogP contribution in [0.2, 0.25) is 0 Å². The second-order valence-corrected chi connectivity index (χ2v) is 7.44. The minimum Gasteiger partial charge on any atom is -0.466 e. The number of carbonyl (C=O) groups excluding carboxylic acids is 2. The Hall–Kier alpha value is -2.26. The number of rotatable bonds is 9. The summed E-state index contributed by atoms with van der Waals surface area (Å²) in [6, 6.07) is 6.26. The maximum absolute atomic E-state index is 12.6. The number of benzene rings is 1. The maximum Gasteiger partial charge on any atom is 0.305 e. The minimum absolute atomic E-state index is 0.0540. The first kappa shape index (κ1) is 21.0. The van der Waals surface area contributed by atoms with Gasteiger partial charge >= 0.3 is 5.97 Å². The Kier molecular flexibility index (Phi) is 7.93. The van der Waals surface area contributed by atoms with Crippen molar-refractivity contribution in [2.45, 2.75) is 32.6 Å². The van der Waals surface area contributed by atoms with Crippen molar-refractivity contribution < 1.29 is 19.2 Å². The van der Waals surface area contributed by atoms with Gasteiger partial charge in [0, 0.05) is 19.0 Å². The van der Waals surface area contributed by atoms with Gasteiger partial charge in [-0.15, -0.1) is 0 Å². The van der Waals surface area contributed by atoms with E-state index >= 15 is 0 Å². The Labute approximate surface area is 166 Å². The van der Waals surface area contributed by atoms with Gasteiger partial charge in [-0.25, -0.2) is 0 Å². The molecule has 0 spiro atoms. The molecule has 0 aromatic heterocycles. The van der Waals surface area contributed by atoms with Gasteiger partial charge in [-0.05, 0) is 31.9 Å². The van der Waals surface area contributed by atoms with Crippen LogP contribution >= 0.6 is 24.0 Å². The number of amides is 1. The van der Waals surface area contributed by atoms with Crippen LogP contribution in [0.25, 0.3) is 6.08 Å². The monoisotopic (exact) mass is 408 g/mol. The molecule has 1 aliphatic heterocycles. The molecule has 0 unspecified atom stereocenters. The Bertz CT molecular complexity index is 779. The number of hydrogen-bond donors (Lipinski definition) is 0. The summed E-state index contributed by atoms with van der Waals surface area (Å²) < 4.78 is 5.31. The van der Waals surface area contributed by atoms with Crippen LogP contribution < -0.4 is 0 Å². The number of hydrogen-bond acceptors (Lipinski definition) is 7. The van der Waals surface area contributed by atoms with Gasteiger partial charge in [-0.2, -0.15) is 0 Å². The summed E-state index contributed by atoms with van der Waals surface area (Å²) in [6.45, 7) is 2.60. The lowest BCUT2D eigenvalue weighted by molar-refractivity contribution is -0.385.